The number of hydrogen-bond donors (Lipinski definition) is 1. The summed E-state index contributed by atoms with van der Waals surface area (Å²) in [6.07, 6.45) is 2.69. The van der Waals surface area contributed by atoms with Gasteiger partial charge in [0, 0.05) is 12.5 Å². The van der Waals surface area contributed by atoms with Crippen molar-refractivity contribution in [2.75, 3.05) is 6.61 Å². The number of esters is 1. The first-order chi connectivity index (χ1) is 19.1. The van der Waals surface area contributed by atoms with E-state index in [0.29, 0.717) is 29.9 Å². The second-order valence-corrected chi connectivity index (χ2v) is 10.6. The molecule has 1 N–H and O–H groups in total. The molecule has 3 unspecified atom stereocenters. The number of carbonyl (C=O) groups is 1. The molecule has 0 radical (unpaired) electrons. The highest BCUT2D eigenvalue weighted by Gasteiger charge is 2.12. The van der Waals surface area contributed by atoms with Crippen molar-refractivity contribution in [3.05, 3.63) is 94.0 Å². The Labute approximate surface area is 241 Å². The molecule has 0 saturated carbocycles. The first kappa shape index (κ1) is 33.1. The molecule has 3 aromatic carbocycles. The van der Waals surface area contributed by atoms with Gasteiger partial charge in [-0.15, -0.1) is 0 Å². The Bertz CT molecular complexity index is 1160. The number of carbonyl (C=O) groups excluding carboxylic acids is 1. The van der Waals surface area contributed by atoms with Crippen molar-refractivity contribution >= 4 is 5.97 Å². The quantitative estimate of drug-likeness (QED) is 0.140. The van der Waals surface area contributed by atoms with Crippen LogP contribution in [0.3, 0.4) is 0 Å². The lowest BCUT2D eigenvalue weighted by atomic mass is 9.96. The second kappa shape index (κ2) is 16.8. The normalized spacial score (nSPS) is 13.0. The molecular formula is C35H48O5. The predicted octanol–water partition coefficient (Wildman–Crippen LogP) is 8.42. The van der Waals surface area contributed by atoms with Crippen LogP contribution in [0.4, 0.5) is 0 Å². The van der Waals surface area contributed by atoms with E-state index in [2.05, 4.69) is 65.8 Å². The average molecular weight is 549 g/mol. The predicted molar refractivity (Wildman–Crippen MR) is 163 cm³/mol. The number of benzene rings is 3. The van der Waals surface area contributed by atoms with Gasteiger partial charge in [0.25, 0.3) is 0 Å². The minimum atomic E-state index is -0.361. The summed E-state index contributed by atoms with van der Waals surface area (Å²) in [6, 6.07) is 20.3. The maximum Gasteiger partial charge on any atom is 0.308 e. The summed E-state index contributed by atoms with van der Waals surface area (Å²) in [7, 11) is 0. The van der Waals surface area contributed by atoms with E-state index in [-0.39, 0.29) is 18.9 Å². The van der Waals surface area contributed by atoms with Crippen molar-refractivity contribution < 1.29 is 24.1 Å². The van der Waals surface area contributed by atoms with E-state index >= 15 is 0 Å². The highest BCUT2D eigenvalue weighted by atomic mass is 16.7. The van der Waals surface area contributed by atoms with Crippen LogP contribution in [0.15, 0.2) is 60.7 Å². The van der Waals surface area contributed by atoms with Gasteiger partial charge in [0.1, 0.15) is 11.5 Å². The lowest BCUT2D eigenvalue weighted by Crippen LogP contribution is -2.18. The molecule has 3 rings (SSSR count). The molecule has 0 spiro atoms. The van der Waals surface area contributed by atoms with Crippen molar-refractivity contribution in [2.24, 2.45) is 0 Å². The number of aliphatic hydroxyl groups excluding tert-OH is 1. The van der Waals surface area contributed by atoms with E-state index < -0.39 is 0 Å². The van der Waals surface area contributed by atoms with Gasteiger partial charge in [-0.1, -0.05) is 75.2 Å². The van der Waals surface area contributed by atoms with Gasteiger partial charge < -0.3 is 19.3 Å². The van der Waals surface area contributed by atoms with E-state index in [9.17, 15) is 9.90 Å². The molecule has 0 saturated heterocycles. The number of ether oxygens (including phenoxy) is 3. The van der Waals surface area contributed by atoms with E-state index in [1.807, 2.05) is 43.3 Å². The zero-order valence-corrected chi connectivity index (χ0v) is 25.6. The minimum absolute atomic E-state index is 0.0328. The molecule has 0 aromatic heterocycles. The Kier molecular flexibility index (Phi) is 13.9. The molecule has 3 atom stereocenters. The second-order valence-electron chi connectivity index (χ2n) is 10.6. The Hall–Kier alpha value is -3.15. The van der Waals surface area contributed by atoms with Crippen LogP contribution in [0.5, 0.6) is 11.5 Å². The van der Waals surface area contributed by atoms with Crippen molar-refractivity contribution in [3.63, 3.8) is 0 Å². The number of hydrogen-bond acceptors (Lipinski definition) is 5. The fourth-order valence-corrected chi connectivity index (χ4v) is 4.42. The molecular weight excluding hydrogens is 500 g/mol. The molecule has 0 amide bonds. The van der Waals surface area contributed by atoms with E-state index in [1.54, 1.807) is 0 Å². The lowest BCUT2D eigenvalue weighted by molar-refractivity contribution is -0.131. The van der Waals surface area contributed by atoms with Crippen LogP contribution in [-0.4, -0.2) is 24.0 Å². The van der Waals surface area contributed by atoms with Gasteiger partial charge >= 0.3 is 5.97 Å². The van der Waals surface area contributed by atoms with Crippen LogP contribution in [0, 0.1) is 13.8 Å². The van der Waals surface area contributed by atoms with Crippen LogP contribution in [0.2, 0.25) is 0 Å². The van der Waals surface area contributed by atoms with Crippen LogP contribution in [0.25, 0.3) is 0 Å². The average Bonchev–Trinajstić information content (AvgIpc) is 2.92. The van der Waals surface area contributed by atoms with Gasteiger partial charge in [-0.05, 0) is 92.8 Å². The Morgan fingerprint density at radius 3 is 1.95 bits per heavy atom. The minimum Gasteiger partial charge on any atom is -0.465 e. The third-order valence-electron chi connectivity index (χ3n) is 7.08. The van der Waals surface area contributed by atoms with Crippen molar-refractivity contribution in [2.45, 2.75) is 99.4 Å². The zero-order valence-electron chi connectivity index (χ0n) is 25.6. The van der Waals surface area contributed by atoms with Crippen LogP contribution < -0.4 is 9.47 Å². The summed E-state index contributed by atoms with van der Waals surface area (Å²) in [5.74, 6) is 2.06. The van der Waals surface area contributed by atoms with E-state index in [4.69, 9.17) is 14.2 Å². The third kappa shape index (κ3) is 11.1. The molecule has 0 aliphatic heterocycles. The fourth-order valence-electron chi connectivity index (χ4n) is 4.42. The molecule has 218 valence electrons. The summed E-state index contributed by atoms with van der Waals surface area (Å²) in [4.78, 5) is 10.7. The van der Waals surface area contributed by atoms with Gasteiger partial charge in [-0.25, -0.2) is 0 Å². The van der Waals surface area contributed by atoms with Crippen molar-refractivity contribution in [1.82, 2.24) is 0 Å². The standard InChI is InChI=1S/C23H32O3.C12H16O2/c1-6-18(4)21-7-8-23(22(14-21)15-24)26-19(5)25-10-9-20-12-16(2)11-17(3)13-20;1-4-9(2)11-5-7-12(8-6-11)14-10(3)13/h7-8,11-14,18-19,24H,6,9-10,15H2,1-5H3;5-9H,4H2,1-3H3. The third-order valence-corrected chi connectivity index (χ3v) is 7.08. The number of aliphatic hydroxyl groups is 1. The monoisotopic (exact) mass is 548 g/mol. The van der Waals surface area contributed by atoms with E-state index in [1.165, 1.54) is 34.7 Å². The highest BCUT2D eigenvalue weighted by molar-refractivity contribution is 5.69. The molecule has 5 nitrogen and oxygen atoms in total. The van der Waals surface area contributed by atoms with Gasteiger partial charge in [0.05, 0.1) is 13.2 Å². The summed E-state index contributed by atoms with van der Waals surface area (Å²) in [5, 5.41) is 9.67. The number of rotatable bonds is 12. The summed E-state index contributed by atoms with van der Waals surface area (Å²) >= 11 is 0. The Morgan fingerprint density at radius 2 is 1.40 bits per heavy atom. The maximum atomic E-state index is 10.7. The molecule has 0 aliphatic rings. The van der Waals surface area contributed by atoms with Gasteiger partial charge in [-0.3, -0.25) is 4.79 Å². The molecule has 0 fully saturated rings. The highest BCUT2D eigenvalue weighted by Crippen LogP contribution is 2.27. The summed E-state index contributed by atoms with van der Waals surface area (Å²) < 4.78 is 16.7. The number of aryl methyl sites for hydroxylation is 2. The van der Waals surface area contributed by atoms with Crippen molar-refractivity contribution in [1.29, 1.82) is 0 Å². The smallest absolute Gasteiger partial charge is 0.308 e. The zero-order chi connectivity index (χ0) is 29.7. The topological polar surface area (TPSA) is 65.0 Å². The molecule has 0 aliphatic carbocycles. The SMILES string of the molecule is CCC(C)c1ccc(OC(C)=O)cc1.CCC(C)c1ccc(OC(C)OCCc2cc(C)cc(C)c2)c(CO)c1. The summed E-state index contributed by atoms with van der Waals surface area (Å²) in [5.41, 5.74) is 7.16. The fraction of sp³-hybridized carbons (Fsp3) is 0.457. The first-order valence-electron chi connectivity index (χ1n) is 14.4. The molecule has 5 heteroatoms. The summed E-state index contributed by atoms with van der Waals surface area (Å²) in [6.45, 7) is 16.8. The molecule has 3 aromatic rings. The molecule has 0 bridgehead atoms. The Balaban J connectivity index is 0.000000337. The Morgan fingerprint density at radius 1 is 0.825 bits per heavy atom. The molecule has 40 heavy (non-hydrogen) atoms. The first-order valence-corrected chi connectivity index (χ1v) is 14.4. The maximum absolute atomic E-state index is 10.7. The van der Waals surface area contributed by atoms with E-state index in [0.717, 1.165) is 24.8 Å². The molecule has 0 heterocycles. The van der Waals surface area contributed by atoms with Crippen LogP contribution in [0.1, 0.15) is 99.6 Å². The largest absolute Gasteiger partial charge is 0.465 e. The van der Waals surface area contributed by atoms with Crippen LogP contribution in [-0.2, 0) is 22.6 Å². The van der Waals surface area contributed by atoms with Gasteiger partial charge in [0.2, 0.25) is 0 Å². The lowest BCUT2D eigenvalue weighted by Gasteiger charge is -2.19. The van der Waals surface area contributed by atoms with Gasteiger partial charge in [0.15, 0.2) is 6.29 Å². The van der Waals surface area contributed by atoms with Crippen molar-refractivity contribution in [3.8, 4) is 11.5 Å². The van der Waals surface area contributed by atoms with Gasteiger partial charge in [-0.2, -0.15) is 0 Å². The van der Waals surface area contributed by atoms with Crippen LogP contribution >= 0.6 is 0 Å².